The topological polar surface area (TPSA) is 70.2 Å². The van der Waals surface area contributed by atoms with Gasteiger partial charge < -0.3 is 10.1 Å². The Kier molecular flexibility index (Phi) is 2.74. The predicted octanol–water partition coefficient (Wildman–Crippen LogP) is 1.88. The largest absolute Gasteiger partial charge is 0.478 e. The van der Waals surface area contributed by atoms with Crippen LogP contribution in [0.15, 0.2) is 41.3 Å². The highest BCUT2D eigenvalue weighted by molar-refractivity contribution is 5.88. The molecule has 1 aromatic carbocycles. The Balaban J connectivity index is 2.48. The van der Waals surface area contributed by atoms with E-state index in [2.05, 4.69) is 4.98 Å². The van der Waals surface area contributed by atoms with Crippen molar-refractivity contribution in [2.45, 2.75) is 0 Å². The second-order valence-electron chi connectivity index (χ2n) is 3.44. The Morgan fingerprint density at radius 3 is 2.41 bits per heavy atom. The molecule has 0 saturated heterocycles. The lowest BCUT2D eigenvalue weighted by molar-refractivity contribution is 0.0692. The predicted molar refractivity (Wildman–Crippen MR) is 59.4 cm³/mol. The summed E-state index contributed by atoms with van der Waals surface area (Å²) in [7, 11) is 0. The average Bonchev–Trinajstić information content (AvgIpc) is 2.29. The molecule has 0 bridgehead atoms. The number of aromatic amines is 1. The molecular weight excluding hydrogens is 225 g/mol. The van der Waals surface area contributed by atoms with Crippen molar-refractivity contribution in [3.63, 3.8) is 0 Å². The number of H-pyrrole nitrogens is 1. The van der Waals surface area contributed by atoms with Gasteiger partial charge in [0.15, 0.2) is 0 Å². The van der Waals surface area contributed by atoms with E-state index in [4.69, 9.17) is 5.11 Å². The van der Waals surface area contributed by atoms with Crippen molar-refractivity contribution in [2.75, 3.05) is 0 Å². The zero-order chi connectivity index (χ0) is 12.4. The number of benzene rings is 1. The zero-order valence-electron chi connectivity index (χ0n) is 8.61. The second kappa shape index (κ2) is 4.21. The van der Waals surface area contributed by atoms with Gasteiger partial charge in [-0.05, 0) is 29.3 Å². The third-order valence-corrected chi connectivity index (χ3v) is 2.32. The van der Waals surface area contributed by atoms with Gasteiger partial charge in [-0.1, -0.05) is 6.07 Å². The van der Waals surface area contributed by atoms with Gasteiger partial charge >= 0.3 is 5.97 Å². The number of carboxylic acid groups (broad SMARTS) is 1. The molecule has 2 aromatic rings. The van der Waals surface area contributed by atoms with E-state index in [0.29, 0.717) is 11.1 Å². The van der Waals surface area contributed by atoms with Gasteiger partial charge in [0.2, 0.25) is 5.56 Å². The van der Waals surface area contributed by atoms with Crippen LogP contribution in [-0.2, 0) is 0 Å². The fraction of sp³-hybridized carbons (Fsp3) is 0. The third kappa shape index (κ3) is 2.23. The molecule has 17 heavy (non-hydrogen) atoms. The number of aromatic carboxylic acids is 1. The average molecular weight is 233 g/mol. The number of halogens is 1. The fourth-order valence-electron chi connectivity index (χ4n) is 1.46. The van der Waals surface area contributed by atoms with Gasteiger partial charge in [0, 0.05) is 12.3 Å². The summed E-state index contributed by atoms with van der Waals surface area (Å²) in [5.41, 5.74) is 0.485. The Morgan fingerprint density at radius 2 is 1.88 bits per heavy atom. The molecule has 86 valence electrons. The molecule has 0 aliphatic carbocycles. The SMILES string of the molecule is O=C(O)c1ccc(-c2ccc(=O)[nH]c2)cc1F. The molecule has 1 aromatic heterocycles. The van der Waals surface area contributed by atoms with Crippen molar-refractivity contribution in [2.24, 2.45) is 0 Å². The molecule has 0 aliphatic rings. The van der Waals surface area contributed by atoms with Crippen LogP contribution in [0, 0.1) is 5.82 Å². The Hall–Kier alpha value is -2.43. The number of carbonyl (C=O) groups is 1. The van der Waals surface area contributed by atoms with Crippen LogP contribution >= 0.6 is 0 Å². The monoisotopic (exact) mass is 233 g/mol. The molecule has 5 heteroatoms. The molecule has 0 spiro atoms. The van der Waals surface area contributed by atoms with Crippen LogP contribution in [0.5, 0.6) is 0 Å². The molecule has 1 heterocycles. The van der Waals surface area contributed by atoms with E-state index in [1.165, 1.54) is 30.5 Å². The Morgan fingerprint density at radius 1 is 1.18 bits per heavy atom. The standard InChI is InChI=1S/C12H8FNO3/c13-10-5-7(1-3-9(10)12(16)17)8-2-4-11(15)14-6-8/h1-6H,(H,14,15)(H,16,17). The van der Waals surface area contributed by atoms with Crippen molar-refractivity contribution in [1.82, 2.24) is 4.98 Å². The summed E-state index contributed by atoms with van der Waals surface area (Å²) in [6.45, 7) is 0. The van der Waals surface area contributed by atoms with E-state index in [1.807, 2.05) is 0 Å². The zero-order valence-corrected chi connectivity index (χ0v) is 8.61. The van der Waals surface area contributed by atoms with Gasteiger partial charge in [-0.3, -0.25) is 4.79 Å². The maximum atomic E-state index is 13.4. The number of carboxylic acids is 1. The number of aromatic nitrogens is 1. The minimum Gasteiger partial charge on any atom is -0.478 e. The normalized spacial score (nSPS) is 10.2. The van der Waals surface area contributed by atoms with Crippen LogP contribution in [0.4, 0.5) is 4.39 Å². The van der Waals surface area contributed by atoms with E-state index in [0.717, 1.165) is 6.07 Å². The van der Waals surface area contributed by atoms with Gasteiger partial charge in [-0.25, -0.2) is 9.18 Å². The summed E-state index contributed by atoms with van der Waals surface area (Å²) in [6.07, 6.45) is 1.44. The molecule has 0 amide bonds. The van der Waals surface area contributed by atoms with Crippen molar-refractivity contribution in [3.8, 4) is 11.1 Å². The summed E-state index contributed by atoms with van der Waals surface area (Å²) in [5.74, 6) is -2.11. The molecule has 0 atom stereocenters. The highest BCUT2D eigenvalue weighted by atomic mass is 19.1. The quantitative estimate of drug-likeness (QED) is 0.831. The highest BCUT2D eigenvalue weighted by Crippen LogP contribution is 2.20. The van der Waals surface area contributed by atoms with Gasteiger partial charge in [0.05, 0.1) is 5.56 Å². The lowest BCUT2D eigenvalue weighted by Crippen LogP contribution is -2.02. The molecular formula is C12H8FNO3. The molecule has 0 saturated carbocycles. The van der Waals surface area contributed by atoms with Crippen LogP contribution in [0.2, 0.25) is 0 Å². The van der Waals surface area contributed by atoms with E-state index in [1.54, 1.807) is 0 Å². The maximum Gasteiger partial charge on any atom is 0.338 e. The summed E-state index contributed by atoms with van der Waals surface area (Å²) >= 11 is 0. The molecule has 0 unspecified atom stereocenters. The summed E-state index contributed by atoms with van der Waals surface area (Å²) in [5, 5.41) is 8.68. The van der Waals surface area contributed by atoms with Gasteiger partial charge in [-0.2, -0.15) is 0 Å². The third-order valence-electron chi connectivity index (χ3n) is 2.32. The summed E-state index contributed by atoms with van der Waals surface area (Å²) in [4.78, 5) is 23.9. The first-order valence-electron chi connectivity index (χ1n) is 4.80. The lowest BCUT2D eigenvalue weighted by Gasteiger charge is -2.03. The van der Waals surface area contributed by atoms with Gasteiger partial charge in [0.1, 0.15) is 5.82 Å². The van der Waals surface area contributed by atoms with E-state index in [9.17, 15) is 14.0 Å². The first kappa shape index (κ1) is 11.1. The summed E-state index contributed by atoms with van der Waals surface area (Å²) in [6, 6.07) is 6.65. The van der Waals surface area contributed by atoms with Crippen molar-refractivity contribution in [1.29, 1.82) is 0 Å². The van der Waals surface area contributed by atoms with Crippen molar-refractivity contribution < 1.29 is 14.3 Å². The highest BCUT2D eigenvalue weighted by Gasteiger charge is 2.10. The van der Waals surface area contributed by atoms with Gasteiger partial charge in [-0.15, -0.1) is 0 Å². The Bertz CT molecular complexity index is 613. The first-order valence-corrected chi connectivity index (χ1v) is 4.80. The first-order chi connectivity index (χ1) is 8.08. The Labute approximate surface area is 95.4 Å². The smallest absolute Gasteiger partial charge is 0.338 e. The number of hydrogen-bond donors (Lipinski definition) is 2. The number of nitrogens with one attached hydrogen (secondary N) is 1. The van der Waals surface area contributed by atoms with Crippen LogP contribution in [0.1, 0.15) is 10.4 Å². The van der Waals surface area contributed by atoms with Crippen molar-refractivity contribution in [3.05, 3.63) is 58.3 Å². The number of pyridine rings is 1. The van der Waals surface area contributed by atoms with Crippen molar-refractivity contribution >= 4 is 5.97 Å². The van der Waals surface area contributed by atoms with E-state index < -0.39 is 11.8 Å². The summed E-state index contributed by atoms with van der Waals surface area (Å²) < 4.78 is 13.4. The molecule has 2 N–H and O–H groups in total. The van der Waals surface area contributed by atoms with Crippen LogP contribution < -0.4 is 5.56 Å². The molecule has 0 radical (unpaired) electrons. The van der Waals surface area contributed by atoms with Crippen LogP contribution in [0.3, 0.4) is 0 Å². The minimum atomic E-state index is -1.31. The lowest BCUT2D eigenvalue weighted by atomic mass is 10.1. The molecule has 0 fully saturated rings. The minimum absolute atomic E-state index is 0.253. The number of hydrogen-bond acceptors (Lipinski definition) is 2. The second-order valence-corrected chi connectivity index (χ2v) is 3.44. The van der Waals surface area contributed by atoms with E-state index >= 15 is 0 Å². The number of rotatable bonds is 2. The van der Waals surface area contributed by atoms with Gasteiger partial charge in [0.25, 0.3) is 0 Å². The molecule has 4 nitrogen and oxygen atoms in total. The molecule has 2 rings (SSSR count). The van der Waals surface area contributed by atoms with Crippen LogP contribution in [-0.4, -0.2) is 16.1 Å². The van der Waals surface area contributed by atoms with Crippen LogP contribution in [0.25, 0.3) is 11.1 Å². The maximum absolute atomic E-state index is 13.4. The van der Waals surface area contributed by atoms with E-state index in [-0.39, 0.29) is 11.1 Å². The fourth-order valence-corrected chi connectivity index (χ4v) is 1.46. The molecule has 0 aliphatic heterocycles.